The van der Waals surface area contributed by atoms with Crippen molar-refractivity contribution in [2.75, 3.05) is 19.5 Å². The Morgan fingerprint density at radius 1 is 1.12 bits per heavy atom. The Morgan fingerprint density at radius 3 is 2.69 bits per heavy atom. The summed E-state index contributed by atoms with van der Waals surface area (Å²) in [4.78, 5) is 24.6. The van der Waals surface area contributed by atoms with Crippen molar-refractivity contribution in [3.63, 3.8) is 0 Å². The van der Waals surface area contributed by atoms with E-state index in [1.54, 1.807) is 36.1 Å². The van der Waals surface area contributed by atoms with E-state index in [1.165, 1.54) is 7.11 Å². The van der Waals surface area contributed by atoms with Gasteiger partial charge in [-0.2, -0.15) is 9.78 Å². The molecule has 160 valence electrons. The molecule has 1 atom stereocenters. The van der Waals surface area contributed by atoms with E-state index in [1.807, 2.05) is 24.3 Å². The molecule has 1 aliphatic heterocycles. The van der Waals surface area contributed by atoms with Gasteiger partial charge in [-0.15, -0.1) is 0 Å². The molecule has 0 aliphatic carbocycles. The second kappa shape index (κ2) is 7.61. The average molecular weight is 431 g/mol. The van der Waals surface area contributed by atoms with Gasteiger partial charge in [0.25, 0.3) is 5.56 Å². The summed E-state index contributed by atoms with van der Waals surface area (Å²) in [6.07, 6.45) is 0. The van der Waals surface area contributed by atoms with Crippen LogP contribution < -0.4 is 15.6 Å². The molecule has 2 aromatic heterocycles. The highest BCUT2D eigenvalue weighted by atomic mass is 16.5. The van der Waals surface area contributed by atoms with Gasteiger partial charge in [-0.1, -0.05) is 29.4 Å². The Labute approximate surface area is 181 Å². The Morgan fingerprint density at radius 2 is 1.94 bits per heavy atom. The molecular weight excluding hydrogens is 414 g/mol. The largest absolute Gasteiger partial charge is 0.497 e. The maximum atomic E-state index is 12.7. The number of carbonyl (C=O) groups excluding carboxylic acids is 1. The number of carbonyl (C=O) groups is 1. The van der Waals surface area contributed by atoms with Gasteiger partial charge in [0, 0.05) is 11.1 Å². The summed E-state index contributed by atoms with van der Waals surface area (Å²) in [5, 5.41) is 21.7. The van der Waals surface area contributed by atoms with Crippen LogP contribution in [0.15, 0.2) is 53.3 Å². The first kappa shape index (κ1) is 19.4. The van der Waals surface area contributed by atoms with Crippen LogP contribution in [0.25, 0.3) is 11.3 Å². The lowest BCUT2D eigenvalue weighted by Crippen LogP contribution is -2.29. The fraction of sp³-hybridized carbons (Fsp3) is 0.143. The number of rotatable bonds is 4. The number of methoxy groups -OCH3 is 2. The van der Waals surface area contributed by atoms with Crippen LogP contribution in [-0.2, 0) is 4.74 Å². The predicted octanol–water partition coefficient (Wildman–Crippen LogP) is 1.91. The molecule has 11 nitrogen and oxygen atoms in total. The summed E-state index contributed by atoms with van der Waals surface area (Å²) in [6, 6.07) is 13.6. The Bertz CT molecular complexity index is 1380. The van der Waals surface area contributed by atoms with Crippen molar-refractivity contribution in [3.8, 4) is 17.0 Å². The zero-order valence-corrected chi connectivity index (χ0v) is 17.1. The zero-order chi connectivity index (χ0) is 22.2. The fourth-order valence-corrected chi connectivity index (χ4v) is 3.76. The van der Waals surface area contributed by atoms with Crippen molar-refractivity contribution < 1.29 is 14.3 Å². The lowest BCUT2D eigenvalue weighted by molar-refractivity contribution is 0.0600. The van der Waals surface area contributed by atoms with Gasteiger partial charge in [0.2, 0.25) is 5.95 Å². The molecule has 11 heteroatoms. The van der Waals surface area contributed by atoms with Gasteiger partial charge in [0.05, 0.1) is 25.5 Å². The molecule has 0 amide bonds. The summed E-state index contributed by atoms with van der Waals surface area (Å²) in [5.74, 6) is 0.517. The number of nitrogens with one attached hydrogen (secondary N) is 2. The lowest BCUT2D eigenvalue weighted by atomic mass is 9.92. The maximum Gasteiger partial charge on any atom is 0.337 e. The van der Waals surface area contributed by atoms with Gasteiger partial charge < -0.3 is 14.8 Å². The number of tetrazole rings is 1. The first-order chi connectivity index (χ1) is 15.6. The van der Waals surface area contributed by atoms with Crippen molar-refractivity contribution in [3.05, 3.63) is 75.6 Å². The highest BCUT2D eigenvalue weighted by molar-refractivity contribution is 5.89. The van der Waals surface area contributed by atoms with Gasteiger partial charge in [-0.25, -0.2) is 9.89 Å². The van der Waals surface area contributed by atoms with E-state index in [2.05, 4.69) is 31.0 Å². The van der Waals surface area contributed by atoms with Crippen LogP contribution >= 0.6 is 0 Å². The number of esters is 1. The minimum atomic E-state index is -0.570. The van der Waals surface area contributed by atoms with Crippen LogP contribution in [0.4, 0.5) is 11.6 Å². The molecule has 4 aromatic rings. The second-order valence-electron chi connectivity index (χ2n) is 7.01. The van der Waals surface area contributed by atoms with E-state index < -0.39 is 17.6 Å². The van der Waals surface area contributed by atoms with Gasteiger partial charge in [0.1, 0.15) is 17.5 Å². The van der Waals surface area contributed by atoms with E-state index in [4.69, 9.17) is 9.47 Å². The van der Waals surface area contributed by atoms with Crippen molar-refractivity contribution in [1.82, 2.24) is 30.4 Å². The molecule has 2 aromatic carbocycles. The third kappa shape index (κ3) is 3.07. The van der Waals surface area contributed by atoms with E-state index in [9.17, 15) is 9.59 Å². The second-order valence-corrected chi connectivity index (χ2v) is 7.01. The summed E-state index contributed by atoms with van der Waals surface area (Å²) in [5.41, 5.74) is 2.91. The number of aromatic nitrogens is 6. The molecule has 5 rings (SSSR count). The van der Waals surface area contributed by atoms with Crippen LogP contribution in [0.5, 0.6) is 5.75 Å². The molecule has 2 N–H and O–H groups in total. The van der Waals surface area contributed by atoms with E-state index >= 15 is 0 Å². The van der Waals surface area contributed by atoms with Crippen LogP contribution in [0.3, 0.4) is 0 Å². The standard InChI is InChI=1S/C21H17N7O4/c1-31-14-5-3-4-13(10-14)16-15-17(19(29)24-23-16)22-21-25-26-27-28(21)18(15)11-6-8-12(9-7-11)20(30)32-2/h3-10,18H,1-2H3,(H,24,29)(H,22,25,27). The highest BCUT2D eigenvalue weighted by Gasteiger charge is 2.34. The van der Waals surface area contributed by atoms with Crippen molar-refractivity contribution in [1.29, 1.82) is 0 Å². The molecule has 32 heavy (non-hydrogen) atoms. The summed E-state index contributed by atoms with van der Waals surface area (Å²) in [7, 11) is 2.90. The topological polar surface area (TPSA) is 137 Å². The molecule has 1 aliphatic rings. The van der Waals surface area contributed by atoms with Crippen LogP contribution in [-0.4, -0.2) is 50.6 Å². The number of anilines is 2. The molecule has 0 bridgehead atoms. The molecular formula is C21H17N7O4. The minimum absolute atomic E-state index is 0.294. The molecule has 3 heterocycles. The molecule has 0 saturated heterocycles. The zero-order valence-electron chi connectivity index (χ0n) is 17.1. The van der Waals surface area contributed by atoms with Gasteiger partial charge in [-0.3, -0.25) is 4.79 Å². The number of hydrogen-bond acceptors (Lipinski definition) is 9. The van der Waals surface area contributed by atoms with Gasteiger partial charge >= 0.3 is 5.97 Å². The molecule has 1 unspecified atom stereocenters. The van der Waals surface area contributed by atoms with Crippen molar-refractivity contribution in [2.45, 2.75) is 6.04 Å². The Balaban J connectivity index is 1.74. The van der Waals surface area contributed by atoms with E-state index in [-0.39, 0.29) is 0 Å². The predicted molar refractivity (Wildman–Crippen MR) is 113 cm³/mol. The number of aromatic amines is 1. The molecule has 0 saturated carbocycles. The molecule has 0 radical (unpaired) electrons. The Kier molecular flexibility index (Phi) is 4.62. The fourth-order valence-electron chi connectivity index (χ4n) is 3.76. The number of H-pyrrole nitrogens is 1. The molecule has 0 spiro atoms. The first-order valence-electron chi connectivity index (χ1n) is 9.61. The smallest absolute Gasteiger partial charge is 0.337 e. The Hall–Kier alpha value is -4.54. The number of nitrogens with zero attached hydrogens (tertiary/aromatic N) is 5. The third-order valence-electron chi connectivity index (χ3n) is 5.26. The SMILES string of the molecule is COC(=O)c1ccc(C2c3c(-c4cccc(OC)c4)n[nH]c(=O)c3Nc3nnnn32)cc1. The number of ether oxygens (including phenoxy) is 2. The van der Waals surface area contributed by atoms with E-state index in [0.29, 0.717) is 34.2 Å². The lowest BCUT2D eigenvalue weighted by Gasteiger charge is -2.28. The average Bonchev–Trinajstić information content (AvgIpc) is 3.31. The van der Waals surface area contributed by atoms with Crippen molar-refractivity contribution in [2.24, 2.45) is 0 Å². The minimum Gasteiger partial charge on any atom is -0.497 e. The highest BCUT2D eigenvalue weighted by Crippen LogP contribution is 2.41. The summed E-state index contributed by atoms with van der Waals surface area (Å²) < 4.78 is 11.7. The third-order valence-corrected chi connectivity index (χ3v) is 5.26. The van der Waals surface area contributed by atoms with Gasteiger partial charge in [-0.05, 0) is 40.3 Å². The summed E-state index contributed by atoms with van der Waals surface area (Å²) in [6.45, 7) is 0. The summed E-state index contributed by atoms with van der Waals surface area (Å²) >= 11 is 0. The first-order valence-corrected chi connectivity index (χ1v) is 9.61. The van der Waals surface area contributed by atoms with E-state index in [0.717, 1.165) is 11.1 Å². The maximum absolute atomic E-state index is 12.7. The number of benzene rings is 2. The van der Waals surface area contributed by atoms with Crippen LogP contribution in [0.2, 0.25) is 0 Å². The van der Waals surface area contributed by atoms with Gasteiger partial charge in [0.15, 0.2) is 0 Å². The quantitative estimate of drug-likeness (QED) is 0.409. The van der Waals surface area contributed by atoms with Crippen molar-refractivity contribution >= 4 is 17.6 Å². The number of hydrogen-bond donors (Lipinski definition) is 2. The van der Waals surface area contributed by atoms with Crippen LogP contribution in [0.1, 0.15) is 27.5 Å². The molecule has 0 fully saturated rings. The number of fused-ring (bicyclic) bond motifs is 2. The normalized spacial score (nSPS) is 14.1. The monoisotopic (exact) mass is 431 g/mol. The van der Waals surface area contributed by atoms with Crippen LogP contribution in [0, 0.1) is 0 Å².